The van der Waals surface area contributed by atoms with Gasteiger partial charge >= 0.3 is 46.4 Å². The molecule has 3 nitrogen and oxygen atoms in total. The summed E-state index contributed by atoms with van der Waals surface area (Å²) < 4.78 is 15.2. The first-order valence-electron chi connectivity index (χ1n) is 2.81. The molecule has 0 amide bonds. The van der Waals surface area contributed by atoms with Gasteiger partial charge < -0.3 is 7.34 Å². The Morgan fingerprint density at radius 2 is 1.91 bits per heavy atom. The summed E-state index contributed by atoms with van der Waals surface area (Å²) in [5, 5.41) is 0. The number of nitrogens with zero attached hydrogens (tertiary/aromatic N) is 1. The third kappa shape index (κ3) is 18.5. The Hall–Kier alpha value is 1.57. The number of rotatable bonds is 4. The summed E-state index contributed by atoms with van der Waals surface area (Å²) in [6.07, 6.45) is 0. The molecule has 0 atom stereocenters. The van der Waals surface area contributed by atoms with Gasteiger partial charge in [0.2, 0.25) is 0 Å². The molecule has 0 spiro atoms. The smallest absolute Gasteiger partial charge is 1.00 e. The molecule has 6 heteroatoms. The van der Waals surface area contributed by atoms with Crippen LogP contribution in [-0.2, 0) is 9.09 Å². The topological polar surface area (TPSA) is 26.3 Å². The van der Waals surface area contributed by atoms with Crippen LogP contribution in [-0.4, -0.2) is 76.5 Å². The minimum atomic E-state index is -0.217. The Morgan fingerprint density at radius 1 is 1.45 bits per heavy atom. The molecule has 0 bridgehead atoms. The fraction of sp³-hybridized carbons (Fsp3) is 1.00. The molecule has 11 heavy (non-hydrogen) atoms. The standard InChI is InChI=1S/C5H13NO2P.Ca.ClH.2H/c1-6(2,3)4-5-8-9-7;;;;/h4-5H2,1-3H3;;1H;;/q+1;+2;;2*-1. The first kappa shape index (κ1) is 18.4. The van der Waals surface area contributed by atoms with Crippen LogP contribution >= 0.6 is 21.1 Å². The predicted octanol–water partition coefficient (Wildman–Crippen LogP) is 1.18. The molecule has 0 aromatic rings. The average Bonchev–Trinajstić information content (AvgIpc) is 1.63. The van der Waals surface area contributed by atoms with Crippen LogP contribution in [0.15, 0.2) is 0 Å². The summed E-state index contributed by atoms with van der Waals surface area (Å²) >= 11 is 0. The second kappa shape index (κ2) is 9.66. The largest absolute Gasteiger partial charge is 2.00 e. The van der Waals surface area contributed by atoms with Gasteiger partial charge in [-0.2, -0.15) is 0 Å². The van der Waals surface area contributed by atoms with Gasteiger partial charge in [0.25, 0.3) is 0 Å². The van der Waals surface area contributed by atoms with Gasteiger partial charge in [0.05, 0.1) is 21.1 Å². The first-order valence-corrected chi connectivity index (χ1v) is 3.54. The summed E-state index contributed by atoms with van der Waals surface area (Å²) in [6.45, 7) is 1.43. The van der Waals surface area contributed by atoms with Crippen molar-refractivity contribution in [2.24, 2.45) is 0 Å². The molecule has 66 valence electrons. The molecule has 0 radical (unpaired) electrons. The van der Waals surface area contributed by atoms with Crippen molar-refractivity contribution < 1.29 is 16.4 Å². The maximum absolute atomic E-state index is 9.76. The number of hydrogen-bond acceptors (Lipinski definition) is 2. The molecule has 0 fully saturated rings. The molecular weight excluding hydrogens is 213 g/mol. The summed E-state index contributed by atoms with van der Waals surface area (Å²) in [6, 6.07) is 0. The Labute approximate surface area is 109 Å². The van der Waals surface area contributed by atoms with E-state index in [0.717, 1.165) is 11.0 Å². The van der Waals surface area contributed by atoms with Gasteiger partial charge in [-0.05, 0) is 0 Å². The van der Waals surface area contributed by atoms with Crippen LogP contribution in [0.5, 0.6) is 0 Å². The van der Waals surface area contributed by atoms with Gasteiger partial charge in [0.1, 0.15) is 13.2 Å². The van der Waals surface area contributed by atoms with Crippen LogP contribution in [0, 0.1) is 0 Å². The number of halogens is 1. The predicted molar refractivity (Wildman–Crippen MR) is 51.7 cm³/mol. The molecule has 0 aliphatic rings. The molecule has 0 rings (SSSR count). The summed E-state index contributed by atoms with van der Waals surface area (Å²) in [5.74, 6) is 0. The van der Waals surface area contributed by atoms with Gasteiger partial charge in [0, 0.05) is 0 Å². The van der Waals surface area contributed by atoms with E-state index in [1.54, 1.807) is 0 Å². The second-order valence-corrected chi connectivity index (χ2v) is 3.33. The van der Waals surface area contributed by atoms with Gasteiger partial charge in [-0.15, -0.1) is 12.4 Å². The van der Waals surface area contributed by atoms with E-state index in [1.165, 1.54) is 0 Å². The SMILES string of the molecule is C[N+](C)(C)CCOP=O.Cl.[Ca+2].[H-].[H-]. The number of quaternary nitrogens is 1. The average molecular weight is 229 g/mol. The molecular formula is C5H16CaClNO2P+. The third-order valence-corrected chi connectivity index (χ3v) is 1.19. The molecule has 0 aromatic heterocycles. The van der Waals surface area contributed by atoms with Crippen LogP contribution in [0.2, 0.25) is 0 Å². The van der Waals surface area contributed by atoms with Gasteiger partial charge in [-0.3, -0.25) is 4.52 Å². The Kier molecular flexibility index (Phi) is 16.1. The zero-order valence-electron chi connectivity index (χ0n) is 9.24. The fourth-order valence-corrected chi connectivity index (χ4v) is 0.508. The Morgan fingerprint density at radius 3 is 2.18 bits per heavy atom. The van der Waals surface area contributed by atoms with Crippen molar-refractivity contribution >= 4 is 58.8 Å². The van der Waals surface area contributed by atoms with E-state index in [1.807, 2.05) is 0 Å². The van der Waals surface area contributed by atoms with E-state index >= 15 is 0 Å². The van der Waals surface area contributed by atoms with Crippen LogP contribution in [0.3, 0.4) is 0 Å². The molecule has 0 unspecified atom stereocenters. The van der Waals surface area contributed by atoms with Gasteiger partial charge in [-0.25, -0.2) is 4.57 Å². The molecule has 0 aliphatic carbocycles. The second-order valence-electron chi connectivity index (χ2n) is 2.92. The van der Waals surface area contributed by atoms with E-state index in [2.05, 4.69) is 25.7 Å². The van der Waals surface area contributed by atoms with E-state index < -0.39 is 0 Å². The fourth-order valence-electron chi connectivity index (χ4n) is 0.352. The summed E-state index contributed by atoms with van der Waals surface area (Å²) in [5.41, 5.74) is 0. The van der Waals surface area contributed by atoms with Crippen LogP contribution in [0.4, 0.5) is 0 Å². The normalized spacial score (nSPS) is 10.1. The molecule has 0 saturated carbocycles. The quantitative estimate of drug-likeness (QED) is 0.313. The van der Waals surface area contributed by atoms with Crippen molar-refractivity contribution in [2.45, 2.75) is 0 Å². The van der Waals surface area contributed by atoms with Crippen molar-refractivity contribution in [1.29, 1.82) is 0 Å². The molecule has 0 aromatic carbocycles. The summed E-state index contributed by atoms with van der Waals surface area (Å²) in [7, 11) is 5.96. The zero-order valence-corrected chi connectivity index (χ0v) is 11.2. The number of likely N-dealkylation sites (N-methyl/N-ethyl adjacent to an activating group) is 1. The Balaban J connectivity index is -0.0000000533. The van der Waals surface area contributed by atoms with Crippen LogP contribution in [0.1, 0.15) is 2.85 Å². The maximum atomic E-state index is 9.76. The Bertz CT molecular complexity index is 107. The van der Waals surface area contributed by atoms with Crippen molar-refractivity contribution in [3.8, 4) is 0 Å². The third-order valence-electron chi connectivity index (χ3n) is 0.906. The minimum absolute atomic E-state index is 0. The van der Waals surface area contributed by atoms with E-state index in [4.69, 9.17) is 0 Å². The van der Waals surface area contributed by atoms with E-state index in [-0.39, 0.29) is 61.7 Å². The van der Waals surface area contributed by atoms with Gasteiger partial charge in [0.15, 0.2) is 0 Å². The first-order chi connectivity index (χ1) is 4.06. The van der Waals surface area contributed by atoms with Gasteiger partial charge in [-0.1, -0.05) is 0 Å². The zero-order chi connectivity index (χ0) is 7.33. The molecule has 0 aliphatic heterocycles. The van der Waals surface area contributed by atoms with Crippen molar-refractivity contribution in [1.82, 2.24) is 0 Å². The molecule has 0 heterocycles. The van der Waals surface area contributed by atoms with Crippen molar-refractivity contribution in [3.05, 3.63) is 0 Å². The monoisotopic (exact) mass is 228 g/mol. The van der Waals surface area contributed by atoms with E-state index in [0.29, 0.717) is 6.61 Å². The van der Waals surface area contributed by atoms with Crippen molar-refractivity contribution in [2.75, 3.05) is 34.3 Å². The maximum Gasteiger partial charge on any atom is 2.00 e. The molecule has 0 N–H and O–H groups in total. The van der Waals surface area contributed by atoms with Crippen LogP contribution in [0.25, 0.3) is 0 Å². The molecule has 0 saturated heterocycles. The van der Waals surface area contributed by atoms with Crippen LogP contribution < -0.4 is 0 Å². The summed E-state index contributed by atoms with van der Waals surface area (Å²) in [4.78, 5) is 0. The van der Waals surface area contributed by atoms with Crippen molar-refractivity contribution in [3.63, 3.8) is 0 Å². The van der Waals surface area contributed by atoms with E-state index in [9.17, 15) is 4.57 Å². The minimum Gasteiger partial charge on any atom is -1.00 e. The number of hydrogen-bond donors (Lipinski definition) is 0.